The molecular weight excluding hydrogens is 226 g/mol. The topological polar surface area (TPSA) is 44.5 Å². The van der Waals surface area contributed by atoms with Gasteiger partial charge in [-0.25, -0.2) is 0 Å². The molecule has 1 aromatic carbocycles. The molecule has 0 spiro atoms. The van der Waals surface area contributed by atoms with E-state index >= 15 is 0 Å². The number of rotatable bonds is 6. The third-order valence-corrected chi connectivity index (χ3v) is 2.34. The third kappa shape index (κ3) is 3.29. The van der Waals surface area contributed by atoms with Crippen molar-refractivity contribution in [1.82, 2.24) is 0 Å². The second-order valence-corrected chi connectivity index (χ2v) is 3.80. The van der Waals surface area contributed by atoms with Crippen LogP contribution in [0.1, 0.15) is 25.8 Å². The Morgan fingerprint density at radius 2 is 2.00 bits per heavy atom. The Kier molecular flexibility index (Phi) is 5.43. The monoisotopic (exact) mass is 243 g/mol. The van der Waals surface area contributed by atoms with Gasteiger partial charge < -0.3 is 15.2 Å². The van der Waals surface area contributed by atoms with E-state index in [1.165, 1.54) is 0 Å². The van der Waals surface area contributed by atoms with Crippen LogP contribution in [0.3, 0.4) is 0 Å². The van der Waals surface area contributed by atoms with Gasteiger partial charge in [0.2, 0.25) is 0 Å². The molecule has 1 aromatic rings. The van der Waals surface area contributed by atoms with Crippen LogP contribution >= 0.6 is 11.6 Å². The summed E-state index contributed by atoms with van der Waals surface area (Å²) < 4.78 is 11.1. The third-order valence-electron chi connectivity index (χ3n) is 2.06. The van der Waals surface area contributed by atoms with Gasteiger partial charge in [-0.15, -0.1) is 0 Å². The van der Waals surface area contributed by atoms with E-state index in [4.69, 9.17) is 26.8 Å². The number of benzene rings is 1. The largest absolute Gasteiger partial charge is 0.490 e. The summed E-state index contributed by atoms with van der Waals surface area (Å²) in [5, 5.41) is 0.555. The molecule has 0 bridgehead atoms. The van der Waals surface area contributed by atoms with E-state index in [1.807, 2.05) is 26.0 Å². The number of halogens is 1. The molecule has 0 amide bonds. The van der Waals surface area contributed by atoms with E-state index in [1.54, 1.807) is 0 Å². The van der Waals surface area contributed by atoms with Crippen molar-refractivity contribution in [3.8, 4) is 11.5 Å². The highest BCUT2D eigenvalue weighted by molar-refractivity contribution is 6.32. The molecule has 0 aliphatic carbocycles. The first-order valence-corrected chi connectivity index (χ1v) is 5.88. The number of nitrogens with two attached hydrogens (primary N) is 1. The summed E-state index contributed by atoms with van der Waals surface area (Å²) in [6.07, 6.45) is 0.931. The molecule has 0 fully saturated rings. The van der Waals surface area contributed by atoms with Gasteiger partial charge in [0, 0.05) is 6.54 Å². The Balaban J connectivity index is 3.01. The number of hydrogen-bond donors (Lipinski definition) is 1. The zero-order chi connectivity index (χ0) is 12.0. The Labute approximate surface area is 101 Å². The molecule has 0 aromatic heterocycles. The standard InChI is InChI=1S/C12H18ClNO2/c1-3-5-16-12-10(13)6-9(8-14)7-11(12)15-4-2/h6-7H,3-5,8,14H2,1-2H3. The lowest BCUT2D eigenvalue weighted by molar-refractivity contribution is 0.277. The molecule has 90 valence electrons. The van der Waals surface area contributed by atoms with Crippen LogP contribution in [0.2, 0.25) is 5.02 Å². The Hall–Kier alpha value is -0.930. The van der Waals surface area contributed by atoms with Gasteiger partial charge in [-0.1, -0.05) is 18.5 Å². The summed E-state index contributed by atoms with van der Waals surface area (Å²) in [4.78, 5) is 0. The summed E-state index contributed by atoms with van der Waals surface area (Å²) in [5.41, 5.74) is 6.52. The van der Waals surface area contributed by atoms with Crippen LogP contribution in [0, 0.1) is 0 Å². The summed E-state index contributed by atoms with van der Waals surface area (Å²) in [5.74, 6) is 1.28. The quantitative estimate of drug-likeness (QED) is 0.836. The molecule has 0 radical (unpaired) electrons. The van der Waals surface area contributed by atoms with Gasteiger partial charge in [0.1, 0.15) is 0 Å². The average molecular weight is 244 g/mol. The maximum Gasteiger partial charge on any atom is 0.179 e. The molecule has 0 atom stereocenters. The molecule has 0 aliphatic heterocycles. The van der Waals surface area contributed by atoms with E-state index in [0.717, 1.165) is 12.0 Å². The molecule has 0 saturated carbocycles. The number of ether oxygens (including phenoxy) is 2. The lowest BCUT2D eigenvalue weighted by Gasteiger charge is -2.14. The molecule has 0 unspecified atom stereocenters. The van der Waals surface area contributed by atoms with Crippen LogP contribution in [0.5, 0.6) is 11.5 Å². The highest BCUT2D eigenvalue weighted by atomic mass is 35.5. The molecule has 16 heavy (non-hydrogen) atoms. The van der Waals surface area contributed by atoms with Crippen LogP contribution in [0.4, 0.5) is 0 Å². The van der Waals surface area contributed by atoms with Gasteiger partial charge in [0.25, 0.3) is 0 Å². The van der Waals surface area contributed by atoms with E-state index in [0.29, 0.717) is 36.3 Å². The lowest BCUT2D eigenvalue weighted by atomic mass is 10.2. The van der Waals surface area contributed by atoms with Crippen molar-refractivity contribution >= 4 is 11.6 Å². The van der Waals surface area contributed by atoms with Crippen molar-refractivity contribution in [2.45, 2.75) is 26.8 Å². The van der Waals surface area contributed by atoms with Crippen LogP contribution in [-0.4, -0.2) is 13.2 Å². The fourth-order valence-corrected chi connectivity index (χ4v) is 1.63. The summed E-state index contributed by atoms with van der Waals surface area (Å²) in [7, 11) is 0. The average Bonchev–Trinajstić information content (AvgIpc) is 2.28. The molecule has 4 heteroatoms. The van der Waals surface area contributed by atoms with Crippen LogP contribution in [0.25, 0.3) is 0 Å². The zero-order valence-corrected chi connectivity index (χ0v) is 10.5. The molecule has 0 saturated heterocycles. The fraction of sp³-hybridized carbons (Fsp3) is 0.500. The van der Waals surface area contributed by atoms with Gasteiger partial charge in [-0.3, -0.25) is 0 Å². The van der Waals surface area contributed by atoms with Crippen molar-refractivity contribution in [1.29, 1.82) is 0 Å². The summed E-state index contributed by atoms with van der Waals surface area (Å²) in [6, 6.07) is 3.69. The van der Waals surface area contributed by atoms with Gasteiger partial charge in [-0.2, -0.15) is 0 Å². The molecule has 2 N–H and O–H groups in total. The van der Waals surface area contributed by atoms with Crippen molar-refractivity contribution in [2.75, 3.05) is 13.2 Å². The first kappa shape index (κ1) is 13.1. The molecule has 0 heterocycles. The number of hydrogen-bond acceptors (Lipinski definition) is 3. The van der Waals surface area contributed by atoms with Crippen molar-refractivity contribution < 1.29 is 9.47 Å². The van der Waals surface area contributed by atoms with E-state index in [-0.39, 0.29) is 0 Å². The Bertz CT molecular complexity index is 342. The summed E-state index contributed by atoms with van der Waals surface area (Å²) in [6.45, 7) is 5.61. The Morgan fingerprint density at radius 3 is 2.56 bits per heavy atom. The predicted molar refractivity (Wildman–Crippen MR) is 66.3 cm³/mol. The second kappa shape index (κ2) is 6.61. The van der Waals surface area contributed by atoms with Gasteiger partial charge in [0.15, 0.2) is 11.5 Å². The van der Waals surface area contributed by atoms with E-state index < -0.39 is 0 Å². The normalized spacial score (nSPS) is 10.2. The van der Waals surface area contributed by atoms with E-state index in [2.05, 4.69) is 0 Å². The highest BCUT2D eigenvalue weighted by Crippen LogP contribution is 2.36. The van der Waals surface area contributed by atoms with Crippen molar-refractivity contribution in [3.63, 3.8) is 0 Å². The minimum Gasteiger partial charge on any atom is -0.490 e. The first-order valence-electron chi connectivity index (χ1n) is 5.51. The minimum absolute atomic E-state index is 0.438. The predicted octanol–water partition coefficient (Wildman–Crippen LogP) is 2.99. The molecular formula is C12H18ClNO2. The van der Waals surface area contributed by atoms with Crippen LogP contribution in [0.15, 0.2) is 12.1 Å². The van der Waals surface area contributed by atoms with Gasteiger partial charge in [0.05, 0.1) is 18.2 Å². The van der Waals surface area contributed by atoms with Gasteiger partial charge in [-0.05, 0) is 31.0 Å². The maximum atomic E-state index is 6.12. The van der Waals surface area contributed by atoms with Crippen molar-refractivity contribution in [3.05, 3.63) is 22.7 Å². The smallest absolute Gasteiger partial charge is 0.179 e. The molecule has 1 rings (SSSR count). The molecule has 0 aliphatic rings. The second-order valence-electron chi connectivity index (χ2n) is 3.39. The zero-order valence-electron chi connectivity index (χ0n) is 9.75. The fourth-order valence-electron chi connectivity index (χ4n) is 1.35. The molecule has 3 nitrogen and oxygen atoms in total. The summed E-state index contributed by atoms with van der Waals surface area (Å²) >= 11 is 6.12. The first-order chi connectivity index (χ1) is 7.72. The van der Waals surface area contributed by atoms with E-state index in [9.17, 15) is 0 Å². The van der Waals surface area contributed by atoms with Crippen LogP contribution < -0.4 is 15.2 Å². The highest BCUT2D eigenvalue weighted by Gasteiger charge is 2.11. The SMILES string of the molecule is CCCOc1c(Cl)cc(CN)cc1OCC. The van der Waals surface area contributed by atoms with Gasteiger partial charge >= 0.3 is 0 Å². The maximum absolute atomic E-state index is 6.12. The van der Waals surface area contributed by atoms with Crippen molar-refractivity contribution in [2.24, 2.45) is 5.73 Å². The van der Waals surface area contributed by atoms with Crippen LogP contribution in [-0.2, 0) is 6.54 Å². The minimum atomic E-state index is 0.438. The lowest BCUT2D eigenvalue weighted by Crippen LogP contribution is -2.03. The Morgan fingerprint density at radius 1 is 1.25 bits per heavy atom.